The lowest BCUT2D eigenvalue weighted by Crippen LogP contribution is -2.28. The summed E-state index contributed by atoms with van der Waals surface area (Å²) in [5.74, 6) is 0.894. The fourth-order valence-electron chi connectivity index (χ4n) is 1.51. The second-order valence-electron chi connectivity index (χ2n) is 3.65. The van der Waals surface area contributed by atoms with Gasteiger partial charge in [0, 0.05) is 5.02 Å². The lowest BCUT2D eigenvalue weighted by atomic mass is 10.1. The maximum absolute atomic E-state index is 11.8. The van der Waals surface area contributed by atoms with E-state index >= 15 is 0 Å². The Bertz CT molecular complexity index is 711. The van der Waals surface area contributed by atoms with E-state index in [0.717, 1.165) is 4.70 Å². The predicted molar refractivity (Wildman–Crippen MR) is 74.8 cm³/mol. The van der Waals surface area contributed by atoms with Crippen molar-refractivity contribution in [2.24, 2.45) is 0 Å². The summed E-state index contributed by atoms with van der Waals surface area (Å²) in [6.07, 6.45) is 5.06. The number of aromatic nitrogens is 1. The average Bonchev–Trinajstić information content (AvgIpc) is 2.79. The molecule has 1 aromatic carbocycles. The highest BCUT2D eigenvalue weighted by Crippen LogP contribution is 2.29. The van der Waals surface area contributed by atoms with Gasteiger partial charge >= 0.3 is 0 Å². The summed E-state index contributed by atoms with van der Waals surface area (Å²) in [5, 5.41) is 12.6. The monoisotopic (exact) mass is 289 g/mol. The maximum Gasteiger partial charge on any atom is 0.245 e. The van der Waals surface area contributed by atoms with E-state index in [1.807, 2.05) is 12.1 Å². The Labute approximate surface area is 119 Å². The minimum absolute atomic E-state index is 0.0910. The molecule has 1 amide bonds. The van der Waals surface area contributed by atoms with E-state index in [1.165, 1.54) is 11.3 Å². The molecule has 94 valence electrons. The van der Waals surface area contributed by atoms with E-state index in [1.54, 1.807) is 12.1 Å². The number of thiazole rings is 1. The molecule has 4 nitrogen and oxygen atoms in total. The average molecular weight is 290 g/mol. The van der Waals surface area contributed by atoms with Gasteiger partial charge in [0.1, 0.15) is 5.01 Å². The van der Waals surface area contributed by atoms with E-state index in [4.69, 9.17) is 23.3 Å². The number of amides is 1. The molecule has 1 unspecified atom stereocenters. The zero-order valence-corrected chi connectivity index (χ0v) is 11.3. The lowest BCUT2D eigenvalue weighted by Gasteiger charge is -2.04. The number of hydrogen-bond donors (Lipinski definition) is 1. The largest absolute Gasteiger partial charge is 0.344 e. The van der Waals surface area contributed by atoms with Gasteiger partial charge in [-0.15, -0.1) is 17.8 Å². The first-order valence-corrected chi connectivity index (χ1v) is 6.52. The molecule has 2 aromatic rings. The Morgan fingerprint density at radius 2 is 2.42 bits per heavy atom. The standard InChI is InChI=1S/C13H8ClN3OS/c1-2-5-16-12(18)9(7-15)13-17-10-6-8(14)3-4-11(10)19-13/h1,3-4,6,9H,5H2,(H,16,18). The van der Waals surface area contributed by atoms with Gasteiger partial charge in [-0.05, 0) is 18.2 Å². The molecule has 2 rings (SSSR count). The molecule has 0 saturated heterocycles. The third-order valence-electron chi connectivity index (χ3n) is 2.37. The normalized spacial score (nSPS) is 11.5. The first-order chi connectivity index (χ1) is 9.15. The number of rotatable bonds is 3. The van der Waals surface area contributed by atoms with Crippen molar-refractivity contribution in [3.63, 3.8) is 0 Å². The van der Waals surface area contributed by atoms with Crippen molar-refractivity contribution in [2.75, 3.05) is 6.54 Å². The SMILES string of the molecule is C#CCNC(=O)C(C#N)c1nc2cc(Cl)ccc2s1. The number of benzene rings is 1. The van der Waals surface area contributed by atoms with Crippen LogP contribution >= 0.6 is 22.9 Å². The molecule has 0 spiro atoms. The third kappa shape index (κ3) is 2.85. The van der Waals surface area contributed by atoms with Crippen molar-refractivity contribution in [2.45, 2.75) is 5.92 Å². The molecule has 0 fully saturated rings. The molecule has 0 radical (unpaired) electrons. The maximum atomic E-state index is 11.8. The van der Waals surface area contributed by atoms with Crippen LogP contribution in [0.25, 0.3) is 10.2 Å². The molecule has 0 saturated carbocycles. The molecule has 0 aliphatic carbocycles. The van der Waals surface area contributed by atoms with Gasteiger partial charge in [-0.3, -0.25) is 4.79 Å². The summed E-state index contributed by atoms with van der Waals surface area (Å²) in [5.41, 5.74) is 0.678. The zero-order valence-electron chi connectivity index (χ0n) is 9.68. The highest BCUT2D eigenvalue weighted by Gasteiger charge is 2.23. The molecule has 1 heterocycles. The number of nitrogens with one attached hydrogen (secondary N) is 1. The number of carbonyl (C=O) groups excluding carboxylic acids is 1. The molecule has 0 aliphatic heterocycles. The Kier molecular flexibility index (Phi) is 4.01. The molecule has 1 aromatic heterocycles. The fourth-order valence-corrected chi connectivity index (χ4v) is 2.67. The first-order valence-electron chi connectivity index (χ1n) is 5.32. The Hall–Kier alpha value is -2.08. The van der Waals surface area contributed by atoms with Gasteiger partial charge in [-0.2, -0.15) is 5.26 Å². The molecule has 1 N–H and O–H groups in total. The number of carbonyl (C=O) groups is 1. The van der Waals surface area contributed by atoms with Crippen molar-refractivity contribution in [3.8, 4) is 18.4 Å². The molecule has 19 heavy (non-hydrogen) atoms. The Balaban J connectivity index is 2.34. The van der Waals surface area contributed by atoms with Crippen LogP contribution in [0.4, 0.5) is 0 Å². The van der Waals surface area contributed by atoms with Gasteiger partial charge in [0.2, 0.25) is 5.91 Å². The Morgan fingerprint density at radius 3 is 3.11 bits per heavy atom. The minimum Gasteiger partial charge on any atom is -0.344 e. The van der Waals surface area contributed by atoms with E-state index < -0.39 is 11.8 Å². The van der Waals surface area contributed by atoms with Crippen molar-refractivity contribution in [3.05, 3.63) is 28.2 Å². The van der Waals surface area contributed by atoms with Gasteiger partial charge in [-0.1, -0.05) is 17.5 Å². The molecule has 0 bridgehead atoms. The molecular weight excluding hydrogens is 282 g/mol. The Morgan fingerprint density at radius 1 is 1.63 bits per heavy atom. The van der Waals surface area contributed by atoms with Crippen LogP contribution in [0, 0.1) is 23.7 Å². The third-order valence-corrected chi connectivity index (χ3v) is 3.71. The summed E-state index contributed by atoms with van der Waals surface area (Å²) in [6.45, 7) is 0.0910. The predicted octanol–water partition coefficient (Wildman–Crippen LogP) is 2.31. The molecule has 1 atom stereocenters. The van der Waals surface area contributed by atoms with Crippen LogP contribution in [0.15, 0.2) is 18.2 Å². The fraction of sp³-hybridized carbons (Fsp3) is 0.154. The second kappa shape index (κ2) is 5.71. The zero-order chi connectivity index (χ0) is 13.8. The van der Waals surface area contributed by atoms with E-state index in [9.17, 15) is 4.79 Å². The van der Waals surface area contributed by atoms with Crippen LogP contribution in [-0.2, 0) is 4.79 Å². The van der Waals surface area contributed by atoms with Crippen molar-refractivity contribution in [1.82, 2.24) is 10.3 Å². The lowest BCUT2D eigenvalue weighted by molar-refractivity contribution is -0.121. The van der Waals surface area contributed by atoms with E-state index in [0.29, 0.717) is 15.5 Å². The van der Waals surface area contributed by atoms with Crippen LogP contribution in [0.1, 0.15) is 10.9 Å². The second-order valence-corrected chi connectivity index (χ2v) is 5.15. The molecular formula is C13H8ClN3OS. The van der Waals surface area contributed by atoms with Crippen LogP contribution in [0.2, 0.25) is 5.02 Å². The summed E-state index contributed by atoms with van der Waals surface area (Å²) in [6, 6.07) is 7.19. The van der Waals surface area contributed by atoms with Crippen LogP contribution in [0.5, 0.6) is 0 Å². The van der Waals surface area contributed by atoms with Gasteiger partial charge < -0.3 is 5.32 Å². The number of hydrogen-bond acceptors (Lipinski definition) is 4. The van der Waals surface area contributed by atoms with Crippen LogP contribution in [-0.4, -0.2) is 17.4 Å². The van der Waals surface area contributed by atoms with Gasteiger partial charge in [0.15, 0.2) is 5.92 Å². The first kappa shape index (κ1) is 13.4. The smallest absolute Gasteiger partial charge is 0.245 e. The van der Waals surface area contributed by atoms with Crippen molar-refractivity contribution < 1.29 is 4.79 Å². The molecule has 6 heteroatoms. The highest BCUT2D eigenvalue weighted by molar-refractivity contribution is 7.18. The summed E-state index contributed by atoms with van der Waals surface area (Å²) < 4.78 is 0.879. The van der Waals surface area contributed by atoms with Crippen molar-refractivity contribution in [1.29, 1.82) is 5.26 Å². The summed E-state index contributed by atoms with van der Waals surface area (Å²) >= 11 is 7.17. The van der Waals surface area contributed by atoms with E-state index in [2.05, 4.69) is 16.2 Å². The number of fused-ring (bicyclic) bond motifs is 1. The number of nitrogens with zero attached hydrogens (tertiary/aromatic N) is 2. The number of nitriles is 1. The molecule has 0 aliphatic rings. The van der Waals surface area contributed by atoms with Crippen LogP contribution < -0.4 is 5.32 Å². The summed E-state index contributed by atoms with van der Waals surface area (Å²) in [7, 11) is 0. The van der Waals surface area contributed by atoms with Gasteiger partial charge in [0.05, 0.1) is 22.8 Å². The van der Waals surface area contributed by atoms with Gasteiger partial charge in [0.25, 0.3) is 0 Å². The highest BCUT2D eigenvalue weighted by atomic mass is 35.5. The minimum atomic E-state index is -0.954. The van der Waals surface area contributed by atoms with Crippen molar-refractivity contribution >= 4 is 39.1 Å². The van der Waals surface area contributed by atoms with Gasteiger partial charge in [-0.25, -0.2) is 4.98 Å². The topological polar surface area (TPSA) is 65.8 Å². The number of terminal acetylenes is 1. The number of halogens is 1. The summed E-state index contributed by atoms with van der Waals surface area (Å²) in [4.78, 5) is 16.1. The van der Waals surface area contributed by atoms with E-state index in [-0.39, 0.29) is 6.54 Å². The quantitative estimate of drug-likeness (QED) is 0.882. The van der Waals surface area contributed by atoms with Crippen LogP contribution in [0.3, 0.4) is 0 Å².